The summed E-state index contributed by atoms with van der Waals surface area (Å²) in [6.45, 7) is -1.31. The molecule has 0 aromatic heterocycles. The van der Waals surface area contributed by atoms with Gasteiger partial charge in [-0.1, -0.05) is 36.4 Å². The van der Waals surface area contributed by atoms with Crippen LogP contribution in [0.15, 0.2) is 102 Å². The van der Waals surface area contributed by atoms with Crippen LogP contribution in [0.1, 0.15) is 93.9 Å². The van der Waals surface area contributed by atoms with E-state index in [9.17, 15) is 60.7 Å². The second kappa shape index (κ2) is 20.0. The van der Waals surface area contributed by atoms with Crippen LogP contribution in [0.25, 0.3) is 0 Å². The number of Topliss-reactive ketones (excluding diaryl/α,β-unsaturated/α-hetero) is 1. The second-order valence-electron chi connectivity index (χ2n) is 18.8. The molecule has 12 N–H and O–H groups in total. The Labute approximate surface area is 420 Å². The maximum atomic E-state index is 15.0. The molecule has 3 aliphatic carbocycles. The molecule has 4 aromatic carbocycles. The third-order valence-electron chi connectivity index (χ3n) is 14.3. The Morgan fingerprint density at radius 1 is 0.689 bits per heavy atom. The summed E-state index contributed by atoms with van der Waals surface area (Å²) in [6.07, 6.45) is -10.2. The van der Waals surface area contributed by atoms with E-state index in [-0.39, 0.29) is 51.5 Å². The van der Waals surface area contributed by atoms with Gasteiger partial charge in [0, 0.05) is 24.1 Å². The van der Waals surface area contributed by atoms with Crippen molar-refractivity contribution in [3.8, 4) is 17.2 Å². The number of ketones is 2. The molecule has 0 saturated carbocycles. The molecule has 2 fully saturated rings. The standard InChI is InChI=1S/C53H51NO20/c54-24-9-7-21(8-10-24)4-1-2-13-69-48-35(20-56)74-52(47(64)46(48)63)71-32-6-3-5-26-36(28-14-22(50(65)66)16-30(57)38(28)43(60)40(26)32)37-27-12-11-25-18-33(72-53-49(70-25)45(62)42(59)34(19-55)73-53)41(27)44(61)39-29(37)15-23(51(67)68)17-31(39)58/h3,5-12,14-18,25,34-37,42,45-49,52-53,55-59,62-64H,1-2,4,13,19-20,54H2,(H,65,66)(H,67,68). The number of nitrogen functional groups attached to an aromatic ring is 1. The number of allylic oxidation sites excluding steroid dienone is 3. The predicted octanol–water partition coefficient (Wildman–Crippen LogP) is 1.93. The minimum atomic E-state index is -1.84. The zero-order valence-electron chi connectivity index (χ0n) is 39.0. The van der Waals surface area contributed by atoms with Crippen molar-refractivity contribution in [2.75, 3.05) is 25.6 Å². The van der Waals surface area contributed by atoms with Crippen LogP contribution in [0, 0.1) is 0 Å². The number of hydrogen-bond donors (Lipinski definition) is 11. The van der Waals surface area contributed by atoms with E-state index in [1.165, 1.54) is 36.4 Å². The molecule has 388 valence electrons. The number of fused-ring (bicyclic) bond motifs is 6. The highest BCUT2D eigenvalue weighted by Crippen LogP contribution is 2.57. The fourth-order valence-electron chi connectivity index (χ4n) is 10.8. The average molecular weight is 1020 g/mol. The van der Waals surface area contributed by atoms with Gasteiger partial charge in [0.25, 0.3) is 0 Å². The highest BCUT2D eigenvalue weighted by atomic mass is 16.7. The lowest BCUT2D eigenvalue weighted by molar-refractivity contribution is -0.297. The van der Waals surface area contributed by atoms with Gasteiger partial charge in [0.05, 0.1) is 52.7 Å². The van der Waals surface area contributed by atoms with Crippen molar-refractivity contribution in [3.05, 3.63) is 152 Å². The lowest BCUT2D eigenvalue weighted by Gasteiger charge is -2.43. The smallest absolute Gasteiger partial charge is 0.335 e. The van der Waals surface area contributed by atoms with E-state index >= 15 is 9.59 Å². The average Bonchev–Trinajstić information content (AvgIpc) is 3.67. The maximum Gasteiger partial charge on any atom is 0.335 e. The molecule has 21 heteroatoms. The number of aromatic carboxylic acids is 2. The summed E-state index contributed by atoms with van der Waals surface area (Å²) in [4.78, 5) is 55.4. The minimum absolute atomic E-state index is 0.0478. The Morgan fingerprint density at radius 3 is 2.01 bits per heavy atom. The van der Waals surface area contributed by atoms with E-state index in [0.717, 1.165) is 36.2 Å². The summed E-state index contributed by atoms with van der Waals surface area (Å²) in [5.74, 6) is -9.68. The van der Waals surface area contributed by atoms with Crippen LogP contribution in [0.4, 0.5) is 5.69 Å². The van der Waals surface area contributed by atoms with Gasteiger partial charge in [-0.2, -0.15) is 0 Å². The summed E-state index contributed by atoms with van der Waals surface area (Å²) in [6, 6.07) is 15.7. The number of hydrogen-bond acceptors (Lipinski definition) is 19. The Balaban J connectivity index is 1.06. The van der Waals surface area contributed by atoms with Crippen molar-refractivity contribution in [2.45, 2.75) is 98.6 Å². The van der Waals surface area contributed by atoms with E-state index in [4.69, 9.17) is 34.2 Å². The molecule has 74 heavy (non-hydrogen) atoms. The number of phenols is 2. The molecule has 4 aromatic rings. The third-order valence-corrected chi connectivity index (χ3v) is 14.3. The normalized spacial score (nSPS) is 29.8. The Hall–Kier alpha value is -7.02. The first kappa shape index (κ1) is 50.5. The van der Waals surface area contributed by atoms with Crippen molar-refractivity contribution in [1.29, 1.82) is 0 Å². The van der Waals surface area contributed by atoms with Crippen LogP contribution in [-0.2, 0) is 30.1 Å². The monoisotopic (exact) mass is 1020 g/mol. The lowest BCUT2D eigenvalue weighted by Crippen LogP contribution is -2.61. The third kappa shape index (κ3) is 8.79. The van der Waals surface area contributed by atoms with Crippen molar-refractivity contribution in [3.63, 3.8) is 0 Å². The number of ether oxygens (including phenoxy) is 6. The number of benzene rings is 4. The predicted molar refractivity (Wildman–Crippen MR) is 253 cm³/mol. The van der Waals surface area contributed by atoms with Gasteiger partial charge in [-0.3, -0.25) is 9.59 Å². The number of nitrogens with two attached hydrogens (primary N) is 1. The second-order valence-corrected chi connectivity index (χ2v) is 18.8. The van der Waals surface area contributed by atoms with Gasteiger partial charge in [0.15, 0.2) is 0 Å². The number of rotatable bonds is 13. The van der Waals surface area contributed by atoms with Crippen LogP contribution >= 0.6 is 0 Å². The van der Waals surface area contributed by atoms with Crippen molar-refractivity contribution >= 4 is 29.2 Å². The van der Waals surface area contributed by atoms with E-state index in [2.05, 4.69) is 0 Å². The summed E-state index contributed by atoms with van der Waals surface area (Å²) in [5.41, 5.74) is 5.04. The van der Waals surface area contributed by atoms with Crippen LogP contribution in [0.3, 0.4) is 0 Å². The molecular weight excluding hydrogens is 971 g/mol. The van der Waals surface area contributed by atoms with E-state index < -0.39 is 150 Å². The molecule has 2 saturated heterocycles. The highest BCUT2D eigenvalue weighted by molar-refractivity contribution is 6.18. The van der Waals surface area contributed by atoms with Gasteiger partial charge in [0.1, 0.15) is 71.8 Å². The number of carbonyl (C=O) groups excluding carboxylic acids is 2. The van der Waals surface area contributed by atoms with Gasteiger partial charge in [-0.25, -0.2) is 9.59 Å². The molecule has 3 aliphatic heterocycles. The lowest BCUT2D eigenvalue weighted by atomic mass is 9.63. The number of aryl methyl sites for hydroxylation is 1. The van der Waals surface area contributed by atoms with Crippen molar-refractivity contribution < 1.29 is 98.7 Å². The molecule has 0 spiro atoms. The zero-order chi connectivity index (χ0) is 52.4. The zero-order valence-corrected chi connectivity index (χ0v) is 39.0. The van der Waals surface area contributed by atoms with Crippen LogP contribution in [0.2, 0.25) is 0 Å². The molecule has 3 heterocycles. The Bertz CT molecular complexity index is 3020. The van der Waals surface area contributed by atoms with Gasteiger partial charge < -0.3 is 85.2 Å². The van der Waals surface area contributed by atoms with Crippen LogP contribution in [0.5, 0.6) is 17.2 Å². The number of aliphatic hydroxyl groups is 6. The van der Waals surface area contributed by atoms with Gasteiger partial charge in [0.2, 0.25) is 24.1 Å². The molecule has 0 amide bonds. The number of aliphatic hydroxyl groups excluding tert-OH is 6. The summed E-state index contributed by atoms with van der Waals surface area (Å²) in [5, 5.41) is 109. The largest absolute Gasteiger partial charge is 0.507 e. The SMILES string of the molecule is Nc1ccc(CCCCOC2C(CO)OC(Oc3cccc4c3C(=O)c3c(O)cc(C(=O)O)cc3C4C3C4=C(C(=O)c5c(O)cc(C(=O)O)cc53)C3=CC(C=C4)OC4C(O3)OC(CO)C(O)C4O)C(O)C2O)cc1. The molecule has 21 nitrogen and oxygen atoms in total. The van der Waals surface area contributed by atoms with Crippen molar-refractivity contribution in [2.24, 2.45) is 0 Å². The molecule has 13 atom stereocenters. The molecular formula is C53H51NO20. The number of carboxylic acid groups (broad SMARTS) is 2. The Morgan fingerprint density at radius 2 is 1.35 bits per heavy atom. The van der Waals surface area contributed by atoms with E-state index in [1.807, 2.05) is 12.1 Å². The highest BCUT2D eigenvalue weighted by Gasteiger charge is 2.53. The molecule has 13 unspecified atom stereocenters. The number of anilines is 1. The van der Waals surface area contributed by atoms with Crippen LogP contribution < -0.4 is 10.5 Å². The quantitative estimate of drug-likeness (QED) is 0.0673. The topological polar surface area (TPSA) is 352 Å². The molecule has 0 radical (unpaired) electrons. The first-order valence-electron chi connectivity index (χ1n) is 23.8. The number of aromatic hydroxyl groups is 2. The number of carbonyl (C=O) groups is 4. The van der Waals surface area contributed by atoms with E-state index in [1.54, 1.807) is 12.1 Å². The summed E-state index contributed by atoms with van der Waals surface area (Å²) in [7, 11) is 0. The van der Waals surface area contributed by atoms with Gasteiger partial charge in [-0.05, 0) is 95.6 Å². The number of unbranched alkanes of at least 4 members (excludes halogenated alkanes) is 1. The summed E-state index contributed by atoms with van der Waals surface area (Å²) < 4.78 is 36.5. The fraction of sp³-hybridized carbons (Fsp3) is 0.358. The van der Waals surface area contributed by atoms with Crippen molar-refractivity contribution in [1.82, 2.24) is 0 Å². The van der Waals surface area contributed by atoms with Gasteiger partial charge >= 0.3 is 11.9 Å². The Kier molecular flexibility index (Phi) is 13.7. The minimum Gasteiger partial charge on any atom is -0.507 e. The van der Waals surface area contributed by atoms with Gasteiger partial charge in [-0.15, -0.1) is 0 Å². The first-order valence-corrected chi connectivity index (χ1v) is 23.8. The summed E-state index contributed by atoms with van der Waals surface area (Å²) >= 11 is 0. The van der Waals surface area contributed by atoms with Crippen LogP contribution in [-0.4, -0.2) is 162 Å². The first-order chi connectivity index (χ1) is 35.5. The number of phenolic OH excluding ortho intramolecular Hbond substituents is 2. The number of carboxylic acids is 2. The molecule has 10 rings (SSSR count). The maximum absolute atomic E-state index is 15.0. The molecule has 6 aliphatic rings. The van der Waals surface area contributed by atoms with E-state index in [0.29, 0.717) is 18.5 Å². The molecule has 2 bridgehead atoms. The fourth-order valence-corrected chi connectivity index (χ4v) is 10.8.